The highest BCUT2D eigenvalue weighted by molar-refractivity contribution is 7.80. The van der Waals surface area contributed by atoms with Gasteiger partial charge in [0.05, 0.1) is 17.7 Å². The van der Waals surface area contributed by atoms with Gasteiger partial charge in [-0.3, -0.25) is 29.9 Å². The number of benzene rings is 3. The molecule has 0 atom stereocenters. The SMILES string of the molecule is COc1cc(/C=C2\C(=O)NC(=S)N(c3ccc(Cl)cc3)C2=O)ccc1OCc1ccc([N+](=O)[O-])cc1. The number of hydrogen-bond donors (Lipinski definition) is 1. The molecule has 3 aromatic carbocycles. The molecule has 1 heterocycles. The molecule has 1 saturated heterocycles. The summed E-state index contributed by atoms with van der Waals surface area (Å²) in [6.45, 7) is 0.156. The number of nitro benzene ring substituents is 1. The van der Waals surface area contributed by atoms with Crippen molar-refractivity contribution in [3.8, 4) is 11.5 Å². The van der Waals surface area contributed by atoms with Gasteiger partial charge in [-0.05, 0) is 78.0 Å². The third kappa shape index (κ3) is 5.35. The Morgan fingerprint density at radius 2 is 1.75 bits per heavy atom. The molecule has 2 amide bonds. The summed E-state index contributed by atoms with van der Waals surface area (Å²) < 4.78 is 11.2. The smallest absolute Gasteiger partial charge is 0.270 e. The maximum atomic E-state index is 13.2. The number of non-ortho nitro benzene ring substituents is 1. The van der Waals surface area contributed by atoms with Gasteiger partial charge in [-0.2, -0.15) is 0 Å². The fraction of sp³-hybridized carbons (Fsp3) is 0.0800. The van der Waals surface area contributed by atoms with Crippen LogP contribution in [0.2, 0.25) is 5.02 Å². The van der Waals surface area contributed by atoms with Crippen LogP contribution < -0.4 is 19.7 Å². The van der Waals surface area contributed by atoms with Crippen LogP contribution >= 0.6 is 23.8 Å². The number of anilines is 1. The van der Waals surface area contributed by atoms with E-state index in [9.17, 15) is 19.7 Å². The van der Waals surface area contributed by atoms with Crippen molar-refractivity contribution in [1.82, 2.24) is 5.32 Å². The Kier molecular flexibility index (Phi) is 7.28. The molecule has 9 nitrogen and oxygen atoms in total. The predicted octanol–water partition coefficient (Wildman–Crippen LogP) is 4.67. The lowest BCUT2D eigenvalue weighted by atomic mass is 10.1. The number of carbonyl (C=O) groups is 2. The Hall–Kier alpha value is -4.28. The maximum absolute atomic E-state index is 13.2. The van der Waals surface area contributed by atoms with E-state index in [1.807, 2.05) is 0 Å². The average molecular weight is 524 g/mol. The molecular formula is C25H18ClN3O6S. The number of halogens is 1. The second-order valence-corrected chi connectivity index (χ2v) is 8.38. The van der Waals surface area contributed by atoms with Crippen molar-refractivity contribution in [2.24, 2.45) is 0 Å². The summed E-state index contributed by atoms with van der Waals surface area (Å²) in [4.78, 5) is 37.3. The molecule has 0 aromatic heterocycles. The van der Waals surface area contributed by atoms with Crippen LogP contribution in [0.5, 0.6) is 11.5 Å². The third-order valence-corrected chi connectivity index (χ3v) is 5.76. The lowest BCUT2D eigenvalue weighted by molar-refractivity contribution is -0.384. The Morgan fingerprint density at radius 3 is 2.39 bits per heavy atom. The van der Waals surface area contributed by atoms with Crippen LogP contribution in [-0.4, -0.2) is 29.0 Å². The number of nitro groups is 1. The second-order valence-electron chi connectivity index (χ2n) is 7.56. The van der Waals surface area contributed by atoms with Gasteiger partial charge in [0.25, 0.3) is 17.5 Å². The van der Waals surface area contributed by atoms with Gasteiger partial charge in [-0.25, -0.2) is 0 Å². The lowest BCUT2D eigenvalue weighted by Crippen LogP contribution is -2.54. The topological polar surface area (TPSA) is 111 Å². The van der Waals surface area contributed by atoms with Gasteiger partial charge in [-0.15, -0.1) is 0 Å². The first-order chi connectivity index (χ1) is 17.3. The van der Waals surface area contributed by atoms with Crippen molar-refractivity contribution in [1.29, 1.82) is 0 Å². The zero-order valence-electron chi connectivity index (χ0n) is 18.8. The number of rotatable bonds is 7. The van der Waals surface area contributed by atoms with Crippen LogP contribution in [0.3, 0.4) is 0 Å². The van der Waals surface area contributed by atoms with Crippen LogP contribution in [0.15, 0.2) is 72.3 Å². The molecule has 0 saturated carbocycles. The van der Waals surface area contributed by atoms with Crippen molar-refractivity contribution in [3.05, 3.63) is 98.6 Å². The molecular weight excluding hydrogens is 506 g/mol. The number of nitrogens with one attached hydrogen (secondary N) is 1. The summed E-state index contributed by atoms with van der Waals surface area (Å²) in [5.41, 5.74) is 1.60. The molecule has 0 unspecified atom stereocenters. The molecule has 4 rings (SSSR count). The molecule has 36 heavy (non-hydrogen) atoms. The highest BCUT2D eigenvalue weighted by Crippen LogP contribution is 2.31. The van der Waals surface area contributed by atoms with E-state index in [1.165, 1.54) is 30.2 Å². The first-order valence-electron chi connectivity index (χ1n) is 10.5. The molecule has 0 spiro atoms. The Morgan fingerprint density at radius 1 is 1.06 bits per heavy atom. The van der Waals surface area contributed by atoms with Crippen LogP contribution in [0, 0.1) is 10.1 Å². The number of thiocarbonyl (C=S) groups is 1. The van der Waals surface area contributed by atoms with Crippen molar-refractivity contribution in [2.75, 3.05) is 12.0 Å². The van der Waals surface area contributed by atoms with Gasteiger partial charge < -0.3 is 9.47 Å². The normalized spacial score (nSPS) is 14.6. The molecule has 1 N–H and O–H groups in total. The van der Waals surface area contributed by atoms with Crippen molar-refractivity contribution in [2.45, 2.75) is 6.61 Å². The van der Waals surface area contributed by atoms with Crippen LogP contribution in [-0.2, 0) is 16.2 Å². The zero-order chi connectivity index (χ0) is 25.8. The predicted molar refractivity (Wildman–Crippen MR) is 138 cm³/mol. The van der Waals surface area contributed by atoms with Crippen LogP contribution in [0.1, 0.15) is 11.1 Å². The number of hydrogen-bond acceptors (Lipinski definition) is 7. The monoisotopic (exact) mass is 523 g/mol. The summed E-state index contributed by atoms with van der Waals surface area (Å²) in [5.74, 6) is -0.405. The summed E-state index contributed by atoms with van der Waals surface area (Å²) in [6.07, 6.45) is 1.44. The highest BCUT2D eigenvalue weighted by atomic mass is 35.5. The fourth-order valence-corrected chi connectivity index (χ4v) is 3.82. The lowest BCUT2D eigenvalue weighted by Gasteiger charge is -2.29. The molecule has 0 bridgehead atoms. The second kappa shape index (κ2) is 10.5. The number of ether oxygens (including phenoxy) is 2. The van der Waals surface area contributed by atoms with Crippen LogP contribution in [0.4, 0.5) is 11.4 Å². The van der Waals surface area contributed by atoms with E-state index in [4.69, 9.17) is 33.3 Å². The number of nitrogens with zero attached hydrogens (tertiary/aromatic N) is 2. The fourth-order valence-electron chi connectivity index (χ4n) is 3.42. The van der Waals surface area contributed by atoms with E-state index in [0.717, 1.165) is 5.56 Å². The first kappa shape index (κ1) is 24.8. The van der Waals surface area contributed by atoms with Crippen molar-refractivity contribution < 1.29 is 24.0 Å². The standard InChI is InChI=1S/C25H18ClN3O6S/c1-34-22-13-16(4-11-21(22)35-14-15-2-7-19(8-3-15)29(32)33)12-20-23(30)27-25(36)28(24(20)31)18-9-5-17(26)6-10-18/h2-13H,14H2,1H3,(H,27,30,36)/b20-12+. The number of methoxy groups -OCH3 is 1. The van der Waals surface area contributed by atoms with E-state index in [1.54, 1.807) is 54.6 Å². The molecule has 3 aromatic rings. The number of amides is 2. The Bertz CT molecular complexity index is 1390. The van der Waals surface area contributed by atoms with Crippen molar-refractivity contribution in [3.63, 3.8) is 0 Å². The first-order valence-corrected chi connectivity index (χ1v) is 11.3. The minimum atomic E-state index is -0.618. The summed E-state index contributed by atoms with van der Waals surface area (Å²) in [6, 6.07) is 17.4. The summed E-state index contributed by atoms with van der Waals surface area (Å²) in [5, 5.41) is 13.8. The Balaban J connectivity index is 1.55. The molecule has 0 radical (unpaired) electrons. The van der Waals surface area contributed by atoms with Gasteiger partial charge in [0, 0.05) is 17.2 Å². The average Bonchev–Trinajstić information content (AvgIpc) is 2.86. The minimum absolute atomic E-state index is 0.00888. The van der Waals surface area contributed by atoms with Gasteiger partial charge in [-0.1, -0.05) is 17.7 Å². The van der Waals surface area contributed by atoms with E-state index in [0.29, 0.717) is 27.8 Å². The van der Waals surface area contributed by atoms with Crippen LogP contribution in [0.25, 0.3) is 6.08 Å². The third-order valence-electron chi connectivity index (χ3n) is 5.23. The molecule has 1 aliphatic heterocycles. The van der Waals surface area contributed by atoms with Gasteiger partial charge in [0.2, 0.25) is 0 Å². The van der Waals surface area contributed by atoms with E-state index in [-0.39, 0.29) is 23.0 Å². The quantitative estimate of drug-likeness (QED) is 0.157. The Labute approximate surface area is 216 Å². The van der Waals surface area contributed by atoms with Gasteiger partial charge >= 0.3 is 0 Å². The van der Waals surface area contributed by atoms with E-state index in [2.05, 4.69) is 5.32 Å². The maximum Gasteiger partial charge on any atom is 0.270 e. The molecule has 1 fully saturated rings. The minimum Gasteiger partial charge on any atom is -0.493 e. The molecule has 182 valence electrons. The largest absolute Gasteiger partial charge is 0.493 e. The van der Waals surface area contributed by atoms with Gasteiger partial charge in [0.15, 0.2) is 16.6 Å². The number of carbonyl (C=O) groups excluding carboxylic acids is 2. The van der Waals surface area contributed by atoms with E-state index < -0.39 is 16.7 Å². The molecule has 11 heteroatoms. The van der Waals surface area contributed by atoms with Crippen molar-refractivity contribution >= 4 is 58.2 Å². The zero-order valence-corrected chi connectivity index (χ0v) is 20.3. The van der Waals surface area contributed by atoms with E-state index >= 15 is 0 Å². The molecule has 1 aliphatic rings. The van der Waals surface area contributed by atoms with Gasteiger partial charge in [0.1, 0.15) is 12.2 Å². The summed E-state index contributed by atoms with van der Waals surface area (Å²) in [7, 11) is 1.46. The summed E-state index contributed by atoms with van der Waals surface area (Å²) >= 11 is 11.1. The molecule has 0 aliphatic carbocycles. The highest BCUT2D eigenvalue weighted by Gasteiger charge is 2.34.